The van der Waals surface area contributed by atoms with Crippen molar-refractivity contribution in [3.8, 4) is 0 Å². The smallest absolute Gasteiger partial charge is 0.138 e. The molecule has 1 aromatic carbocycles. The summed E-state index contributed by atoms with van der Waals surface area (Å²) in [5.41, 5.74) is 5.85. The molecule has 1 aromatic rings. The van der Waals surface area contributed by atoms with Gasteiger partial charge in [-0.1, -0.05) is 24.4 Å². The molecule has 0 heterocycles. The van der Waals surface area contributed by atoms with Gasteiger partial charge >= 0.3 is 0 Å². The van der Waals surface area contributed by atoms with Gasteiger partial charge < -0.3 is 5.73 Å². The normalized spacial score (nSPS) is 9.64. The Kier molecular flexibility index (Phi) is 2.57. The van der Waals surface area contributed by atoms with Crippen molar-refractivity contribution in [2.75, 3.05) is 0 Å². The van der Waals surface area contributed by atoms with Crippen LogP contribution in [0.4, 0.5) is 4.39 Å². The van der Waals surface area contributed by atoms with Gasteiger partial charge in [0.1, 0.15) is 10.8 Å². The van der Waals surface area contributed by atoms with E-state index in [1.807, 2.05) is 0 Å². The Bertz CT molecular complexity index is 300. The minimum absolute atomic E-state index is 0.191. The molecule has 0 fully saturated rings. The van der Waals surface area contributed by atoms with Crippen molar-refractivity contribution >= 4 is 33.1 Å². The van der Waals surface area contributed by atoms with Crippen LogP contribution in [0, 0.1) is 5.82 Å². The van der Waals surface area contributed by atoms with E-state index in [1.165, 1.54) is 6.07 Å². The van der Waals surface area contributed by atoms with Crippen LogP contribution in [0.2, 0.25) is 0 Å². The molecule has 0 amide bonds. The SMILES string of the molecule is NC(=S)c1cccc(F)c1Br. The van der Waals surface area contributed by atoms with E-state index >= 15 is 0 Å². The standard InChI is InChI=1S/C7H5BrFNS/c8-6-4(7(10)11)2-1-3-5(6)9/h1-3H,(H2,10,11). The van der Waals surface area contributed by atoms with Crippen LogP contribution in [-0.4, -0.2) is 4.99 Å². The fourth-order valence-corrected chi connectivity index (χ4v) is 1.47. The van der Waals surface area contributed by atoms with Crippen LogP contribution in [0.15, 0.2) is 22.7 Å². The Morgan fingerprint density at radius 3 is 2.64 bits per heavy atom. The summed E-state index contributed by atoms with van der Waals surface area (Å²) in [6.07, 6.45) is 0. The van der Waals surface area contributed by atoms with Gasteiger partial charge in [-0.2, -0.15) is 0 Å². The number of hydrogen-bond acceptors (Lipinski definition) is 1. The lowest BCUT2D eigenvalue weighted by molar-refractivity contribution is 0.621. The van der Waals surface area contributed by atoms with E-state index in [0.29, 0.717) is 10.0 Å². The third kappa shape index (κ3) is 1.75. The second kappa shape index (κ2) is 3.28. The largest absolute Gasteiger partial charge is 0.389 e. The van der Waals surface area contributed by atoms with E-state index < -0.39 is 0 Å². The quantitative estimate of drug-likeness (QED) is 0.754. The molecule has 2 N–H and O–H groups in total. The highest BCUT2D eigenvalue weighted by Gasteiger charge is 2.05. The molecule has 0 aliphatic carbocycles. The van der Waals surface area contributed by atoms with E-state index in [0.717, 1.165) is 0 Å². The van der Waals surface area contributed by atoms with Crippen molar-refractivity contribution < 1.29 is 4.39 Å². The number of rotatable bonds is 1. The van der Waals surface area contributed by atoms with Gasteiger partial charge in [0, 0.05) is 5.56 Å². The van der Waals surface area contributed by atoms with Gasteiger partial charge in [0.25, 0.3) is 0 Å². The summed E-state index contributed by atoms with van der Waals surface area (Å²) in [5, 5.41) is 0. The van der Waals surface area contributed by atoms with E-state index in [1.54, 1.807) is 12.1 Å². The molecule has 0 saturated carbocycles. The van der Waals surface area contributed by atoms with E-state index in [-0.39, 0.29) is 10.8 Å². The van der Waals surface area contributed by atoms with Gasteiger partial charge in [-0.05, 0) is 22.0 Å². The zero-order valence-electron chi connectivity index (χ0n) is 5.47. The molecule has 0 radical (unpaired) electrons. The van der Waals surface area contributed by atoms with Crippen LogP contribution < -0.4 is 5.73 Å². The van der Waals surface area contributed by atoms with Gasteiger partial charge in [0.15, 0.2) is 0 Å². The molecule has 0 aliphatic heterocycles. The predicted molar refractivity (Wildman–Crippen MR) is 50.0 cm³/mol. The van der Waals surface area contributed by atoms with Crippen molar-refractivity contribution in [1.29, 1.82) is 0 Å². The lowest BCUT2D eigenvalue weighted by atomic mass is 10.2. The van der Waals surface area contributed by atoms with Gasteiger partial charge in [-0.3, -0.25) is 0 Å². The Morgan fingerprint density at radius 1 is 1.55 bits per heavy atom. The number of halogens is 2. The van der Waals surface area contributed by atoms with Crippen LogP contribution in [0.25, 0.3) is 0 Å². The molecule has 11 heavy (non-hydrogen) atoms. The van der Waals surface area contributed by atoms with Gasteiger partial charge in [-0.25, -0.2) is 4.39 Å². The van der Waals surface area contributed by atoms with Crippen LogP contribution in [0.3, 0.4) is 0 Å². The average Bonchev–Trinajstić information content (AvgIpc) is 1.94. The first-order valence-corrected chi connectivity index (χ1v) is 4.07. The lowest BCUT2D eigenvalue weighted by Gasteiger charge is -2.01. The second-order valence-corrected chi connectivity index (χ2v) is 3.20. The third-order valence-electron chi connectivity index (χ3n) is 1.22. The Hall–Kier alpha value is -0.480. The Balaban J connectivity index is 3.27. The van der Waals surface area contributed by atoms with Crippen molar-refractivity contribution in [2.24, 2.45) is 5.73 Å². The first kappa shape index (κ1) is 8.62. The van der Waals surface area contributed by atoms with E-state index in [9.17, 15) is 4.39 Å². The zero-order valence-corrected chi connectivity index (χ0v) is 7.88. The van der Waals surface area contributed by atoms with Gasteiger partial charge in [0.05, 0.1) is 4.47 Å². The molecule has 0 atom stereocenters. The van der Waals surface area contributed by atoms with Crippen LogP contribution >= 0.6 is 28.1 Å². The molecule has 0 aromatic heterocycles. The van der Waals surface area contributed by atoms with E-state index in [2.05, 4.69) is 15.9 Å². The lowest BCUT2D eigenvalue weighted by Crippen LogP contribution is -2.10. The maximum atomic E-state index is 12.8. The summed E-state index contributed by atoms with van der Waals surface area (Å²) in [6, 6.07) is 4.57. The Morgan fingerprint density at radius 2 is 2.18 bits per heavy atom. The number of hydrogen-bond donors (Lipinski definition) is 1. The maximum absolute atomic E-state index is 12.8. The van der Waals surface area contributed by atoms with Crippen LogP contribution in [-0.2, 0) is 0 Å². The summed E-state index contributed by atoms with van der Waals surface area (Å²) in [7, 11) is 0. The molecule has 0 aliphatic rings. The summed E-state index contributed by atoms with van der Waals surface area (Å²) < 4.78 is 13.1. The first-order chi connectivity index (χ1) is 5.13. The molecule has 1 rings (SSSR count). The second-order valence-electron chi connectivity index (χ2n) is 1.97. The minimum atomic E-state index is -0.352. The highest BCUT2D eigenvalue weighted by Crippen LogP contribution is 2.19. The molecule has 0 spiro atoms. The van der Waals surface area contributed by atoms with E-state index in [4.69, 9.17) is 18.0 Å². The molecule has 0 bridgehead atoms. The molecule has 4 heteroatoms. The summed E-state index contributed by atoms with van der Waals surface area (Å²) in [4.78, 5) is 0.191. The topological polar surface area (TPSA) is 26.0 Å². The minimum Gasteiger partial charge on any atom is -0.389 e. The van der Waals surface area contributed by atoms with Crippen LogP contribution in [0.5, 0.6) is 0 Å². The summed E-state index contributed by atoms with van der Waals surface area (Å²) >= 11 is 7.73. The van der Waals surface area contributed by atoms with Crippen molar-refractivity contribution in [3.05, 3.63) is 34.1 Å². The molecular weight excluding hydrogens is 229 g/mol. The number of nitrogens with two attached hydrogens (primary N) is 1. The van der Waals surface area contributed by atoms with Gasteiger partial charge in [0.2, 0.25) is 0 Å². The summed E-state index contributed by atoms with van der Waals surface area (Å²) in [5.74, 6) is -0.352. The highest BCUT2D eigenvalue weighted by molar-refractivity contribution is 9.10. The van der Waals surface area contributed by atoms with Crippen molar-refractivity contribution in [1.82, 2.24) is 0 Å². The summed E-state index contributed by atoms with van der Waals surface area (Å²) in [6.45, 7) is 0. The predicted octanol–water partition coefficient (Wildman–Crippen LogP) is 2.22. The highest BCUT2D eigenvalue weighted by atomic mass is 79.9. The molecule has 0 saturated heterocycles. The maximum Gasteiger partial charge on any atom is 0.138 e. The third-order valence-corrected chi connectivity index (χ3v) is 2.24. The van der Waals surface area contributed by atoms with Crippen molar-refractivity contribution in [3.63, 3.8) is 0 Å². The molecular formula is C7H5BrFNS. The van der Waals surface area contributed by atoms with Gasteiger partial charge in [-0.15, -0.1) is 0 Å². The van der Waals surface area contributed by atoms with Crippen LogP contribution in [0.1, 0.15) is 5.56 Å². The van der Waals surface area contributed by atoms with Crippen molar-refractivity contribution in [2.45, 2.75) is 0 Å². The first-order valence-electron chi connectivity index (χ1n) is 2.86. The number of thiocarbonyl (C=S) groups is 1. The molecule has 0 unspecified atom stereocenters. The monoisotopic (exact) mass is 233 g/mol. The Labute approximate surface area is 77.5 Å². The molecule has 58 valence electrons. The number of benzene rings is 1. The zero-order chi connectivity index (χ0) is 8.43. The average molecular weight is 234 g/mol. The fraction of sp³-hybridized carbons (Fsp3) is 0. The molecule has 1 nitrogen and oxygen atoms in total. The fourth-order valence-electron chi connectivity index (χ4n) is 0.694.